The number of halogens is 1. The molecule has 3 heterocycles. The minimum Gasteiger partial charge on any atom is -0.377 e. The number of carbonyl (C=O) groups is 2. The lowest BCUT2D eigenvalue weighted by atomic mass is 9.87. The molecule has 0 atom stereocenters. The topological polar surface area (TPSA) is 100 Å². The molecule has 1 fully saturated rings. The van der Waals surface area contributed by atoms with Crippen LogP contribution in [0.25, 0.3) is 11.1 Å². The van der Waals surface area contributed by atoms with Crippen molar-refractivity contribution in [3.05, 3.63) is 64.9 Å². The standard InChI is InChI=1S/C34H42FN5O4S/c1-5-9-30-36-34(15-18-39(19-16-34)31(41)14-17-35)33(42)40(30)21-25-12-13-27(26(20-25)22-43-6-2)28-10-7-8-11-29(28)45-38-32-23(3)24(4)44-37-32/h7-8,10-13,20H,5-6,9,14-19,21-22H2,1-4H3,(H,37,38). The molecule has 45 heavy (non-hydrogen) atoms. The summed E-state index contributed by atoms with van der Waals surface area (Å²) in [6.45, 7) is 9.51. The fourth-order valence-corrected chi connectivity index (χ4v) is 6.74. The van der Waals surface area contributed by atoms with Crippen molar-refractivity contribution in [2.75, 3.05) is 31.1 Å². The molecule has 240 valence electrons. The third-order valence-corrected chi connectivity index (χ3v) is 9.46. The van der Waals surface area contributed by atoms with E-state index in [1.165, 1.54) is 11.9 Å². The number of nitrogens with one attached hydrogen (secondary N) is 1. The highest BCUT2D eigenvalue weighted by Crippen LogP contribution is 2.38. The molecule has 11 heteroatoms. The van der Waals surface area contributed by atoms with Crippen LogP contribution < -0.4 is 4.72 Å². The maximum absolute atomic E-state index is 14.0. The van der Waals surface area contributed by atoms with Crippen LogP contribution in [-0.2, 0) is 27.5 Å². The van der Waals surface area contributed by atoms with Gasteiger partial charge in [0.15, 0.2) is 5.82 Å². The van der Waals surface area contributed by atoms with Crippen molar-refractivity contribution in [2.24, 2.45) is 4.99 Å². The van der Waals surface area contributed by atoms with Crippen molar-refractivity contribution in [1.29, 1.82) is 0 Å². The summed E-state index contributed by atoms with van der Waals surface area (Å²) in [5, 5.41) is 4.13. The van der Waals surface area contributed by atoms with E-state index in [9.17, 15) is 14.0 Å². The molecule has 0 bridgehead atoms. The molecular weight excluding hydrogens is 593 g/mol. The van der Waals surface area contributed by atoms with Crippen LogP contribution in [-0.4, -0.2) is 64.5 Å². The first kappa shape index (κ1) is 32.7. The quantitative estimate of drug-likeness (QED) is 0.205. The number of aryl methyl sites for hydroxylation is 1. The Bertz CT molecular complexity index is 1550. The van der Waals surface area contributed by atoms with Gasteiger partial charge < -0.3 is 18.9 Å². The van der Waals surface area contributed by atoms with E-state index in [0.717, 1.165) is 50.7 Å². The zero-order valence-electron chi connectivity index (χ0n) is 26.5. The SMILES string of the molecule is CCCC1=NC2(CCN(C(=O)CCF)CC2)C(=O)N1Cc1ccc(-c2ccccc2SNc2noc(C)c2C)c(COCC)c1. The number of aliphatic imine (C=N–C) groups is 1. The lowest BCUT2D eigenvalue weighted by molar-refractivity contribution is -0.138. The van der Waals surface area contributed by atoms with Crippen molar-refractivity contribution in [3.63, 3.8) is 0 Å². The second-order valence-corrected chi connectivity index (χ2v) is 12.4. The monoisotopic (exact) mass is 635 g/mol. The third-order valence-electron chi connectivity index (χ3n) is 8.59. The molecule has 1 saturated heterocycles. The zero-order chi connectivity index (χ0) is 32.0. The maximum atomic E-state index is 14.0. The Kier molecular flexibility index (Phi) is 10.6. The molecule has 1 spiro atoms. The van der Waals surface area contributed by atoms with Gasteiger partial charge in [0.25, 0.3) is 5.91 Å². The van der Waals surface area contributed by atoms with Crippen LogP contribution in [0.4, 0.5) is 10.2 Å². The number of piperidine rings is 1. The number of aromatic nitrogens is 1. The van der Waals surface area contributed by atoms with Crippen LogP contribution in [0, 0.1) is 13.8 Å². The fourth-order valence-electron chi connectivity index (χ4n) is 5.91. The van der Waals surface area contributed by atoms with Gasteiger partial charge in [0.1, 0.15) is 17.1 Å². The van der Waals surface area contributed by atoms with Crippen LogP contribution in [0.5, 0.6) is 0 Å². The molecule has 0 unspecified atom stereocenters. The average molecular weight is 636 g/mol. The van der Waals surface area contributed by atoms with E-state index in [-0.39, 0.29) is 18.2 Å². The number of hydrogen-bond donors (Lipinski definition) is 1. The highest BCUT2D eigenvalue weighted by atomic mass is 32.2. The van der Waals surface area contributed by atoms with Gasteiger partial charge in [-0.15, -0.1) is 0 Å². The van der Waals surface area contributed by atoms with Crippen LogP contribution in [0.3, 0.4) is 0 Å². The molecule has 1 aromatic heterocycles. The molecular formula is C34H42FN5O4S. The van der Waals surface area contributed by atoms with Crippen molar-refractivity contribution in [1.82, 2.24) is 15.0 Å². The average Bonchev–Trinajstić information content (AvgIpc) is 3.49. The van der Waals surface area contributed by atoms with E-state index >= 15 is 0 Å². The lowest BCUT2D eigenvalue weighted by Crippen LogP contribution is -2.51. The van der Waals surface area contributed by atoms with E-state index in [0.29, 0.717) is 57.9 Å². The predicted octanol–water partition coefficient (Wildman–Crippen LogP) is 6.88. The number of amidine groups is 1. The van der Waals surface area contributed by atoms with Crippen LogP contribution in [0.1, 0.15) is 68.4 Å². The third kappa shape index (κ3) is 7.09. The molecule has 0 radical (unpaired) electrons. The number of amides is 2. The Morgan fingerprint density at radius 2 is 1.91 bits per heavy atom. The van der Waals surface area contributed by atoms with Crippen LogP contribution in [0.2, 0.25) is 0 Å². The van der Waals surface area contributed by atoms with Gasteiger partial charge in [0.2, 0.25) is 5.91 Å². The van der Waals surface area contributed by atoms with Crippen molar-refractivity contribution >= 4 is 35.4 Å². The van der Waals surface area contributed by atoms with Crippen LogP contribution in [0.15, 0.2) is 56.9 Å². The Balaban J connectivity index is 1.38. The largest absolute Gasteiger partial charge is 0.377 e. The van der Waals surface area contributed by atoms with E-state index < -0.39 is 12.2 Å². The molecule has 0 saturated carbocycles. The molecule has 9 nitrogen and oxygen atoms in total. The summed E-state index contributed by atoms with van der Waals surface area (Å²) in [6.07, 6.45) is 2.36. The van der Waals surface area contributed by atoms with Gasteiger partial charge in [-0.3, -0.25) is 23.9 Å². The zero-order valence-corrected chi connectivity index (χ0v) is 27.3. The summed E-state index contributed by atoms with van der Waals surface area (Å²) in [4.78, 5) is 35.8. The van der Waals surface area contributed by atoms with Gasteiger partial charge in [-0.05, 0) is 80.3 Å². The van der Waals surface area contributed by atoms with Gasteiger partial charge in [-0.25, -0.2) is 0 Å². The minimum atomic E-state index is -0.852. The maximum Gasteiger partial charge on any atom is 0.256 e. The Morgan fingerprint density at radius 1 is 1.13 bits per heavy atom. The number of alkyl halides is 1. The van der Waals surface area contributed by atoms with Crippen molar-refractivity contribution < 1.29 is 23.2 Å². The minimum absolute atomic E-state index is 0.00909. The number of hydrogen-bond acceptors (Lipinski definition) is 8. The van der Waals surface area contributed by atoms with E-state index in [2.05, 4.69) is 47.1 Å². The van der Waals surface area contributed by atoms with Crippen molar-refractivity contribution in [2.45, 2.75) is 83.4 Å². The second kappa shape index (κ2) is 14.6. The summed E-state index contributed by atoms with van der Waals surface area (Å²) in [5.74, 6) is 2.07. The van der Waals surface area contributed by atoms with E-state index in [1.54, 1.807) is 4.90 Å². The van der Waals surface area contributed by atoms with Gasteiger partial charge in [-0.2, -0.15) is 0 Å². The summed E-state index contributed by atoms with van der Waals surface area (Å²) < 4.78 is 27.3. The first-order valence-corrected chi connectivity index (χ1v) is 16.5. The molecule has 2 aliphatic rings. The first-order chi connectivity index (χ1) is 21.8. The van der Waals surface area contributed by atoms with Gasteiger partial charge in [0.05, 0.1) is 26.2 Å². The second-order valence-electron chi connectivity index (χ2n) is 11.6. The Hall–Kier alpha value is -3.70. The fraction of sp³-hybridized carbons (Fsp3) is 0.471. The Labute approximate surface area is 268 Å². The van der Waals surface area contributed by atoms with Crippen molar-refractivity contribution in [3.8, 4) is 11.1 Å². The Morgan fingerprint density at radius 3 is 2.60 bits per heavy atom. The molecule has 3 aromatic rings. The number of rotatable bonds is 13. The van der Waals surface area contributed by atoms with Gasteiger partial charge >= 0.3 is 0 Å². The van der Waals surface area contributed by atoms with Crippen LogP contribution >= 0.6 is 11.9 Å². The van der Waals surface area contributed by atoms with E-state index in [4.69, 9.17) is 14.3 Å². The summed E-state index contributed by atoms with van der Waals surface area (Å²) in [7, 11) is 0. The molecule has 1 N–H and O–H groups in total. The predicted molar refractivity (Wildman–Crippen MR) is 175 cm³/mol. The summed E-state index contributed by atoms with van der Waals surface area (Å²) in [5.41, 5.74) is 4.27. The number of ether oxygens (including phenoxy) is 1. The highest BCUT2D eigenvalue weighted by molar-refractivity contribution is 8.00. The molecule has 0 aliphatic carbocycles. The molecule has 5 rings (SSSR count). The summed E-state index contributed by atoms with van der Waals surface area (Å²) >= 11 is 1.48. The number of benzene rings is 2. The van der Waals surface area contributed by atoms with Gasteiger partial charge in [0, 0.05) is 36.6 Å². The van der Waals surface area contributed by atoms with Gasteiger partial charge in [-0.1, -0.05) is 48.5 Å². The summed E-state index contributed by atoms with van der Waals surface area (Å²) in [6, 6.07) is 14.5. The number of carbonyl (C=O) groups excluding carboxylic acids is 2. The van der Waals surface area contributed by atoms with E-state index in [1.807, 2.05) is 37.8 Å². The normalized spacial score (nSPS) is 16.0. The lowest BCUT2D eigenvalue weighted by Gasteiger charge is -2.36. The first-order valence-electron chi connectivity index (χ1n) is 15.7. The number of anilines is 1. The molecule has 2 amide bonds. The smallest absolute Gasteiger partial charge is 0.256 e. The highest BCUT2D eigenvalue weighted by Gasteiger charge is 2.49. The number of nitrogens with zero attached hydrogens (tertiary/aromatic N) is 4. The number of likely N-dealkylation sites (tertiary alicyclic amines) is 1. The molecule has 2 aromatic carbocycles. The molecule has 2 aliphatic heterocycles.